The van der Waals surface area contributed by atoms with E-state index in [0.717, 1.165) is 22.7 Å². The number of rotatable bonds is 5. The minimum absolute atomic E-state index is 1.13. The second-order valence-electron chi connectivity index (χ2n) is 11.4. The van der Waals surface area contributed by atoms with E-state index in [9.17, 15) is 0 Å². The first-order valence-corrected chi connectivity index (χ1v) is 16.1. The zero-order chi connectivity index (χ0) is 29.7. The molecule has 9 rings (SSSR count). The highest BCUT2D eigenvalue weighted by molar-refractivity contribution is 7.25. The Morgan fingerprint density at radius 2 is 1.07 bits per heavy atom. The summed E-state index contributed by atoms with van der Waals surface area (Å²) < 4.78 is 5.03. The van der Waals surface area contributed by atoms with Gasteiger partial charge in [0.1, 0.15) is 0 Å². The zero-order valence-corrected chi connectivity index (χ0v) is 25.3. The lowest BCUT2D eigenvalue weighted by Gasteiger charge is -2.28. The molecule has 0 aliphatic carbocycles. The molecule has 2 aromatic heterocycles. The fourth-order valence-corrected chi connectivity index (χ4v) is 7.97. The molecular weight excluding hydrogens is 565 g/mol. The fourth-order valence-electron chi connectivity index (χ4n) is 6.84. The quantitative estimate of drug-likeness (QED) is 0.193. The third kappa shape index (κ3) is 4.16. The average Bonchev–Trinajstić information content (AvgIpc) is 3.65. The van der Waals surface area contributed by atoms with Crippen molar-refractivity contribution in [2.24, 2.45) is 0 Å². The van der Waals surface area contributed by atoms with E-state index in [2.05, 4.69) is 179 Å². The fraction of sp³-hybridized carbons (Fsp3) is 0. The molecule has 212 valence electrons. The lowest BCUT2D eigenvalue weighted by molar-refractivity contribution is 1.18. The largest absolute Gasteiger partial charge is 0.310 e. The number of thiophene rings is 1. The predicted octanol–water partition coefficient (Wildman–Crippen LogP) is 12.3. The number of aromatic nitrogens is 1. The van der Waals surface area contributed by atoms with Crippen molar-refractivity contribution in [2.45, 2.75) is 0 Å². The lowest BCUT2D eigenvalue weighted by Crippen LogP contribution is -2.11. The zero-order valence-electron chi connectivity index (χ0n) is 24.5. The summed E-state index contributed by atoms with van der Waals surface area (Å²) in [5, 5.41) is 5.12. The molecule has 0 saturated heterocycles. The molecule has 0 saturated carbocycles. The highest BCUT2D eigenvalue weighted by atomic mass is 32.1. The Bertz CT molecular complexity index is 2490. The monoisotopic (exact) mass is 592 g/mol. The molecule has 0 fully saturated rings. The van der Waals surface area contributed by atoms with Crippen LogP contribution in [-0.4, -0.2) is 4.57 Å². The van der Waals surface area contributed by atoms with Gasteiger partial charge in [-0.2, -0.15) is 0 Å². The van der Waals surface area contributed by atoms with Gasteiger partial charge in [-0.1, -0.05) is 115 Å². The maximum Gasteiger partial charge on any atom is 0.0620 e. The van der Waals surface area contributed by atoms with Crippen molar-refractivity contribution in [3.8, 4) is 16.8 Å². The second-order valence-corrected chi connectivity index (χ2v) is 12.4. The molecule has 0 N–H and O–H groups in total. The Kier molecular flexibility index (Phi) is 6.03. The molecule has 2 heterocycles. The van der Waals surface area contributed by atoms with Crippen LogP contribution in [0.3, 0.4) is 0 Å². The Hall–Kier alpha value is -5.64. The summed E-state index contributed by atoms with van der Waals surface area (Å²) in [7, 11) is 0. The second kappa shape index (κ2) is 10.5. The molecule has 9 aromatic rings. The molecule has 45 heavy (non-hydrogen) atoms. The van der Waals surface area contributed by atoms with Gasteiger partial charge in [-0.15, -0.1) is 11.3 Å². The van der Waals surface area contributed by atoms with Crippen LogP contribution < -0.4 is 4.90 Å². The highest BCUT2D eigenvalue weighted by Crippen LogP contribution is 2.46. The van der Waals surface area contributed by atoms with Crippen molar-refractivity contribution < 1.29 is 0 Å². The van der Waals surface area contributed by atoms with Crippen LogP contribution in [0.25, 0.3) is 58.8 Å². The molecule has 0 unspecified atom stereocenters. The van der Waals surface area contributed by atoms with Crippen molar-refractivity contribution in [2.75, 3.05) is 4.90 Å². The van der Waals surface area contributed by atoms with Crippen LogP contribution in [0.4, 0.5) is 17.1 Å². The first-order valence-electron chi connectivity index (χ1n) is 15.3. The van der Waals surface area contributed by atoms with Crippen molar-refractivity contribution in [3.05, 3.63) is 170 Å². The van der Waals surface area contributed by atoms with E-state index in [1.54, 1.807) is 0 Å². The molecule has 0 bridgehead atoms. The molecule has 0 aliphatic rings. The SMILES string of the molecule is c1ccc(N(c2ccc3c(c2)sc2ccccc23)c2ccccc2-c2cccc3c4ccccc4n(-c4ccccc4)c23)cc1. The Morgan fingerprint density at radius 1 is 0.422 bits per heavy atom. The molecule has 2 nitrogen and oxygen atoms in total. The molecule has 7 aromatic carbocycles. The van der Waals surface area contributed by atoms with Gasteiger partial charge in [0.2, 0.25) is 0 Å². The summed E-state index contributed by atoms with van der Waals surface area (Å²) in [6.07, 6.45) is 0. The van der Waals surface area contributed by atoms with Gasteiger partial charge in [-0.05, 0) is 54.6 Å². The maximum absolute atomic E-state index is 2.42. The summed E-state index contributed by atoms with van der Waals surface area (Å²) in [6.45, 7) is 0. The average molecular weight is 593 g/mol. The van der Waals surface area contributed by atoms with Gasteiger partial charge in [0.05, 0.1) is 16.7 Å². The normalized spacial score (nSPS) is 11.6. The lowest BCUT2D eigenvalue weighted by atomic mass is 9.98. The molecule has 0 aliphatic heterocycles. The van der Waals surface area contributed by atoms with E-state index in [0.29, 0.717) is 0 Å². The Morgan fingerprint density at radius 3 is 1.93 bits per heavy atom. The molecule has 3 heteroatoms. The van der Waals surface area contributed by atoms with Crippen LogP contribution in [-0.2, 0) is 0 Å². The third-order valence-electron chi connectivity index (χ3n) is 8.78. The standard InChI is InChI=1S/C42H28N2S/c1-3-14-29(15-4-1)43(31-26-27-35-34-20-9-12-25-40(34)45-41(35)28-31)38-23-10-7-18-32(38)36-21-13-22-37-33-19-8-11-24-39(33)44(42(36)37)30-16-5-2-6-17-30/h1-28H. The van der Waals surface area contributed by atoms with Gasteiger partial charge in [0.15, 0.2) is 0 Å². The Labute approximate surface area is 265 Å². The number of hydrogen-bond acceptors (Lipinski definition) is 2. The van der Waals surface area contributed by atoms with Gasteiger partial charge < -0.3 is 9.47 Å². The number of nitrogens with zero attached hydrogens (tertiary/aromatic N) is 2. The highest BCUT2D eigenvalue weighted by Gasteiger charge is 2.22. The van der Waals surface area contributed by atoms with Crippen LogP contribution in [0.5, 0.6) is 0 Å². The van der Waals surface area contributed by atoms with E-state index < -0.39 is 0 Å². The topological polar surface area (TPSA) is 8.17 Å². The molecule has 0 amide bonds. The van der Waals surface area contributed by atoms with Gasteiger partial charge in [-0.25, -0.2) is 0 Å². The summed E-state index contributed by atoms with van der Waals surface area (Å²) in [5.41, 5.74) is 9.37. The third-order valence-corrected chi connectivity index (χ3v) is 9.91. The van der Waals surface area contributed by atoms with Crippen LogP contribution >= 0.6 is 11.3 Å². The number of benzene rings is 7. The van der Waals surface area contributed by atoms with Crippen molar-refractivity contribution in [1.29, 1.82) is 0 Å². The van der Waals surface area contributed by atoms with E-state index >= 15 is 0 Å². The van der Waals surface area contributed by atoms with E-state index in [-0.39, 0.29) is 0 Å². The van der Waals surface area contributed by atoms with Crippen LogP contribution in [0.15, 0.2) is 170 Å². The first-order chi connectivity index (χ1) is 22.3. The number of fused-ring (bicyclic) bond motifs is 6. The molecule has 0 spiro atoms. The van der Waals surface area contributed by atoms with Crippen LogP contribution in [0, 0.1) is 0 Å². The molecule has 0 radical (unpaired) electrons. The minimum Gasteiger partial charge on any atom is -0.310 e. The minimum atomic E-state index is 1.13. The van der Waals surface area contributed by atoms with Crippen LogP contribution in [0.2, 0.25) is 0 Å². The van der Waals surface area contributed by atoms with Crippen molar-refractivity contribution in [3.63, 3.8) is 0 Å². The number of para-hydroxylation sites is 5. The van der Waals surface area contributed by atoms with Crippen molar-refractivity contribution in [1.82, 2.24) is 4.57 Å². The summed E-state index contributed by atoms with van der Waals surface area (Å²) in [5.74, 6) is 0. The molecule has 0 atom stereocenters. The van der Waals surface area contributed by atoms with Gasteiger partial charge >= 0.3 is 0 Å². The van der Waals surface area contributed by atoms with E-state index in [1.165, 1.54) is 53.1 Å². The van der Waals surface area contributed by atoms with Gasteiger partial charge in [0.25, 0.3) is 0 Å². The number of anilines is 3. The maximum atomic E-state index is 2.42. The smallest absolute Gasteiger partial charge is 0.0620 e. The summed E-state index contributed by atoms with van der Waals surface area (Å²) in [4.78, 5) is 2.41. The summed E-state index contributed by atoms with van der Waals surface area (Å²) in [6, 6.07) is 61.4. The first kappa shape index (κ1) is 25.8. The van der Waals surface area contributed by atoms with Crippen molar-refractivity contribution >= 4 is 70.4 Å². The van der Waals surface area contributed by atoms with Crippen LogP contribution in [0.1, 0.15) is 0 Å². The van der Waals surface area contributed by atoms with Gasteiger partial charge in [0, 0.05) is 59.1 Å². The van der Waals surface area contributed by atoms with E-state index in [1.807, 2.05) is 11.3 Å². The Balaban J connectivity index is 1.33. The number of hydrogen-bond donors (Lipinski definition) is 0. The summed E-state index contributed by atoms with van der Waals surface area (Å²) >= 11 is 1.86. The van der Waals surface area contributed by atoms with Gasteiger partial charge in [-0.3, -0.25) is 0 Å². The van der Waals surface area contributed by atoms with E-state index in [4.69, 9.17) is 0 Å². The predicted molar refractivity (Wildman–Crippen MR) is 194 cm³/mol. The molecular formula is C42H28N2S.